The van der Waals surface area contributed by atoms with E-state index in [2.05, 4.69) is 15.0 Å². The van der Waals surface area contributed by atoms with Crippen molar-refractivity contribution in [2.75, 3.05) is 19.0 Å². The van der Waals surface area contributed by atoms with Crippen molar-refractivity contribution in [2.45, 2.75) is 45.1 Å². The van der Waals surface area contributed by atoms with E-state index in [1.165, 1.54) is 19.3 Å². The largest absolute Gasteiger partial charge is 0.347 e. The van der Waals surface area contributed by atoms with Gasteiger partial charge in [-0.3, -0.25) is 9.36 Å². The zero-order valence-electron chi connectivity index (χ0n) is 12.8. The lowest BCUT2D eigenvalue weighted by atomic mass is 9.95. The van der Waals surface area contributed by atoms with Crippen LogP contribution in [0.4, 0.5) is 5.95 Å². The van der Waals surface area contributed by atoms with E-state index in [1.807, 2.05) is 23.6 Å². The van der Waals surface area contributed by atoms with Crippen LogP contribution in [0.25, 0.3) is 11.2 Å². The molecule has 0 atom stereocenters. The molecule has 0 spiro atoms. The molecule has 0 unspecified atom stereocenters. The predicted molar refractivity (Wildman–Crippen MR) is 82.8 cm³/mol. The van der Waals surface area contributed by atoms with Gasteiger partial charge < -0.3 is 4.90 Å². The van der Waals surface area contributed by atoms with E-state index in [0.717, 1.165) is 12.8 Å². The monoisotopic (exact) mass is 287 g/mol. The molecule has 0 radical (unpaired) electrons. The molecule has 3 rings (SSSR count). The second kappa shape index (κ2) is 5.42. The van der Waals surface area contributed by atoms with Crippen LogP contribution in [0, 0.1) is 6.92 Å². The van der Waals surface area contributed by atoms with Gasteiger partial charge >= 0.3 is 0 Å². The van der Waals surface area contributed by atoms with Gasteiger partial charge in [0.15, 0.2) is 5.65 Å². The van der Waals surface area contributed by atoms with Crippen molar-refractivity contribution in [1.29, 1.82) is 0 Å². The third kappa shape index (κ3) is 2.50. The molecule has 6 nitrogen and oxygen atoms in total. The SMILES string of the molecule is Cc1nc2cnc(N(C)C)nc2n(C2CCCCC2)c1=O. The number of anilines is 1. The fourth-order valence-electron chi connectivity index (χ4n) is 3.01. The van der Waals surface area contributed by atoms with Gasteiger partial charge in [0, 0.05) is 20.1 Å². The zero-order valence-corrected chi connectivity index (χ0v) is 12.8. The number of hydrogen-bond acceptors (Lipinski definition) is 5. The fourth-order valence-corrected chi connectivity index (χ4v) is 3.01. The van der Waals surface area contributed by atoms with Crippen LogP contribution in [0.1, 0.15) is 43.8 Å². The highest BCUT2D eigenvalue weighted by Crippen LogP contribution is 2.29. The minimum absolute atomic E-state index is 0.0159. The smallest absolute Gasteiger partial charge is 0.273 e. The van der Waals surface area contributed by atoms with E-state index >= 15 is 0 Å². The summed E-state index contributed by atoms with van der Waals surface area (Å²) < 4.78 is 1.85. The van der Waals surface area contributed by atoms with Crippen molar-refractivity contribution in [3.05, 3.63) is 22.2 Å². The van der Waals surface area contributed by atoms with Crippen LogP contribution in [0.2, 0.25) is 0 Å². The Bertz CT molecular complexity index is 716. The average Bonchev–Trinajstić information content (AvgIpc) is 2.49. The fraction of sp³-hybridized carbons (Fsp3) is 0.600. The van der Waals surface area contributed by atoms with E-state index in [-0.39, 0.29) is 11.6 Å². The van der Waals surface area contributed by atoms with Crippen molar-refractivity contribution in [3.8, 4) is 0 Å². The third-order valence-corrected chi connectivity index (χ3v) is 4.12. The summed E-state index contributed by atoms with van der Waals surface area (Å²) in [6.07, 6.45) is 7.39. The van der Waals surface area contributed by atoms with Gasteiger partial charge in [0.2, 0.25) is 5.95 Å². The van der Waals surface area contributed by atoms with E-state index in [1.54, 1.807) is 13.1 Å². The predicted octanol–water partition coefficient (Wildman–Crippen LogP) is 2.07. The maximum absolute atomic E-state index is 12.6. The zero-order chi connectivity index (χ0) is 15.0. The Balaban J connectivity index is 2.25. The summed E-state index contributed by atoms with van der Waals surface area (Å²) in [5.41, 5.74) is 1.87. The Hall–Kier alpha value is -1.98. The highest BCUT2D eigenvalue weighted by Gasteiger charge is 2.21. The first-order valence-electron chi connectivity index (χ1n) is 7.51. The standard InChI is InChI=1S/C15H21N5O/c1-10-14(21)20(11-7-5-4-6-8-11)13-12(17-10)9-16-15(18-13)19(2)3/h9,11H,4-8H2,1-3H3. The molecule has 6 heteroatoms. The lowest BCUT2D eigenvalue weighted by Gasteiger charge is -2.25. The molecule has 1 saturated carbocycles. The van der Waals surface area contributed by atoms with Gasteiger partial charge in [0.05, 0.1) is 6.20 Å². The minimum atomic E-state index is -0.0159. The molecular formula is C15H21N5O. The first kappa shape index (κ1) is 14.0. The molecular weight excluding hydrogens is 266 g/mol. The third-order valence-electron chi connectivity index (χ3n) is 4.12. The first-order valence-corrected chi connectivity index (χ1v) is 7.51. The van der Waals surface area contributed by atoms with Crippen molar-refractivity contribution in [3.63, 3.8) is 0 Å². The van der Waals surface area contributed by atoms with Crippen LogP contribution in [-0.4, -0.2) is 33.6 Å². The highest BCUT2D eigenvalue weighted by atomic mass is 16.1. The average molecular weight is 287 g/mol. The molecule has 0 aromatic carbocycles. The van der Waals surface area contributed by atoms with Gasteiger partial charge in [0.1, 0.15) is 11.2 Å². The van der Waals surface area contributed by atoms with Crippen LogP contribution in [0.3, 0.4) is 0 Å². The molecule has 0 bridgehead atoms. The van der Waals surface area contributed by atoms with E-state index < -0.39 is 0 Å². The Morgan fingerprint density at radius 1 is 1.19 bits per heavy atom. The summed E-state index contributed by atoms with van der Waals surface area (Å²) in [4.78, 5) is 27.7. The number of aromatic nitrogens is 4. The Morgan fingerprint density at radius 2 is 1.90 bits per heavy atom. The van der Waals surface area contributed by atoms with Crippen LogP contribution < -0.4 is 10.5 Å². The number of fused-ring (bicyclic) bond motifs is 1. The number of rotatable bonds is 2. The van der Waals surface area contributed by atoms with E-state index in [4.69, 9.17) is 0 Å². The maximum atomic E-state index is 12.6. The number of hydrogen-bond donors (Lipinski definition) is 0. The molecule has 1 aliphatic rings. The molecule has 0 saturated heterocycles. The molecule has 0 aliphatic heterocycles. The molecule has 1 aliphatic carbocycles. The lowest BCUT2D eigenvalue weighted by molar-refractivity contribution is 0.351. The van der Waals surface area contributed by atoms with E-state index in [0.29, 0.717) is 22.8 Å². The molecule has 1 fully saturated rings. The van der Waals surface area contributed by atoms with Gasteiger partial charge in [-0.25, -0.2) is 9.97 Å². The first-order chi connectivity index (χ1) is 10.1. The van der Waals surface area contributed by atoms with Gasteiger partial charge in [-0.1, -0.05) is 19.3 Å². The van der Waals surface area contributed by atoms with Gasteiger partial charge in [-0.05, 0) is 19.8 Å². The molecule has 0 N–H and O–H groups in total. The second-order valence-electron chi connectivity index (χ2n) is 5.94. The van der Waals surface area contributed by atoms with Crippen molar-refractivity contribution in [2.24, 2.45) is 0 Å². The van der Waals surface area contributed by atoms with Crippen molar-refractivity contribution >= 4 is 17.1 Å². The Labute approximate surface area is 123 Å². The summed E-state index contributed by atoms with van der Waals surface area (Å²) in [5.74, 6) is 0.608. The summed E-state index contributed by atoms with van der Waals surface area (Å²) in [6, 6.07) is 0.236. The summed E-state index contributed by atoms with van der Waals surface area (Å²) in [5, 5.41) is 0. The number of aryl methyl sites for hydroxylation is 1. The molecule has 21 heavy (non-hydrogen) atoms. The Morgan fingerprint density at radius 3 is 2.57 bits per heavy atom. The lowest BCUT2D eigenvalue weighted by Crippen LogP contribution is -2.30. The van der Waals surface area contributed by atoms with Crippen LogP contribution in [0.5, 0.6) is 0 Å². The second-order valence-corrected chi connectivity index (χ2v) is 5.94. The molecule has 112 valence electrons. The van der Waals surface area contributed by atoms with Crippen molar-refractivity contribution in [1.82, 2.24) is 19.5 Å². The molecule has 0 amide bonds. The number of nitrogens with zero attached hydrogens (tertiary/aromatic N) is 5. The Kier molecular flexibility index (Phi) is 3.61. The van der Waals surface area contributed by atoms with E-state index in [9.17, 15) is 4.79 Å². The minimum Gasteiger partial charge on any atom is -0.347 e. The van der Waals surface area contributed by atoms with Gasteiger partial charge in [-0.2, -0.15) is 4.98 Å². The molecule has 2 heterocycles. The molecule has 2 aromatic heterocycles. The summed E-state index contributed by atoms with van der Waals surface area (Å²) >= 11 is 0. The topological polar surface area (TPSA) is 63.9 Å². The van der Waals surface area contributed by atoms with Crippen LogP contribution in [-0.2, 0) is 0 Å². The van der Waals surface area contributed by atoms with Crippen LogP contribution >= 0.6 is 0 Å². The van der Waals surface area contributed by atoms with Gasteiger partial charge in [0.25, 0.3) is 5.56 Å². The normalized spacial score (nSPS) is 16.3. The quantitative estimate of drug-likeness (QED) is 0.846. The van der Waals surface area contributed by atoms with Crippen molar-refractivity contribution < 1.29 is 0 Å². The van der Waals surface area contributed by atoms with Crippen LogP contribution in [0.15, 0.2) is 11.0 Å². The molecule has 2 aromatic rings. The highest BCUT2D eigenvalue weighted by molar-refractivity contribution is 5.70. The maximum Gasteiger partial charge on any atom is 0.273 e. The van der Waals surface area contributed by atoms with Gasteiger partial charge in [-0.15, -0.1) is 0 Å². The summed E-state index contributed by atoms with van der Waals surface area (Å²) in [6.45, 7) is 1.76. The summed E-state index contributed by atoms with van der Waals surface area (Å²) in [7, 11) is 3.79.